The Labute approximate surface area is 140 Å². The van der Waals surface area contributed by atoms with Crippen molar-refractivity contribution in [1.29, 1.82) is 0 Å². The fourth-order valence-corrected chi connectivity index (χ4v) is 2.80. The third kappa shape index (κ3) is 3.52. The maximum Gasteiger partial charge on any atom is 0.177 e. The molecule has 0 amide bonds. The highest BCUT2D eigenvalue weighted by atomic mass is 16.5. The number of fused-ring (bicyclic) bond motifs is 1. The summed E-state index contributed by atoms with van der Waals surface area (Å²) in [4.78, 5) is 2.43. The summed E-state index contributed by atoms with van der Waals surface area (Å²) >= 11 is 0. The van der Waals surface area contributed by atoms with Gasteiger partial charge in [0.25, 0.3) is 0 Å². The molecule has 7 nitrogen and oxygen atoms in total. The third-order valence-electron chi connectivity index (χ3n) is 4.17. The molecule has 0 atom stereocenters. The van der Waals surface area contributed by atoms with Crippen LogP contribution in [0.4, 0.5) is 5.82 Å². The monoisotopic (exact) mass is 324 g/mol. The van der Waals surface area contributed by atoms with E-state index in [2.05, 4.69) is 49.8 Å². The van der Waals surface area contributed by atoms with Gasteiger partial charge in [0.05, 0.1) is 13.2 Å². The average Bonchev–Trinajstić information content (AvgIpc) is 3.10. The van der Waals surface area contributed by atoms with E-state index < -0.39 is 0 Å². The van der Waals surface area contributed by atoms with Crippen molar-refractivity contribution >= 4 is 11.5 Å². The van der Waals surface area contributed by atoms with Crippen LogP contribution in [0.5, 0.6) is 0 Å². The molecule has 0 unspecified atom stereocenters. The Morgan fingerprint density at radius 2 is 1.79 bits per heavy atom. The minimum absolute atomic E-state index is 0.735. The fourth-order valence-electron chi connectivity index (χ4n) is 2.80. The van der Waals surface area contributed by atoms with Crippen molar-refractivity contribution in [3.05, 3.63) is 53.9 Å². The van der Waals surface area contributed by atoms with Gasteiger partial charge >= 0.3 is 0 Å². The predicted molar refractivity (Wildman–Crippen MR) is 90.6 cm³/mol. The molecule has 1 aliphatic heterocycles. The van der Waals surface area contributed by atoms with Crippen LogP contribution >= 0.6 is 0 Å². The number of anilines is 1. The standard InChI is InChI=1S/C17H20N6O/c1-3-15(12-22-7-9-24-10-8-22)4-2-14(1)11-18-16-5-6-17-20-19-13-23(17)21-16/h1-6,13H,7-12H2,(H,18,21). The van der Waals surface area contributed by atoms with Crippen LogP contribution in [0.25, 0.3) is 5.65 Å². The number of nitrogens with one attached hydrogen (secondary N) is 1. The van der Waals surface area contributed by atoms with Gasteiger partial charge in [-0.05, 0) is 23.3 Å². The van der Waals surface area contributed by atoms with E-state index in [1.54, 1.807) is 10.8 Å². The lowest BCUT2D eigenvalue weighted by molar-refractivity contribution is 0.0342. The number of hydrogen-bond donors (Lipinski definition) is 1. The second-order valence-corrected chi connectivity index (χ2v) is 5.91. The van der Waals surface area contributed by atoms with Crippen molar-refractivity contribution in [3.63, 3.8) is 0 Å². The lowest BCUT2D eigenvalue weighted by atomic mass is 10.1. The van der Waals surface area contributed by atoms with E-state index in [0.29, 0.717) is 0 Å². The van der Waals surface area contributed by atoms with Crippen molar-refractivity contribution < 1.29 is 4.74 Å². The molecule has 0 radical (unpaired) electrons. The number of morpholine rings is 1. The van der Waals surface area contributed by atoms with E-state index in [0.717, 1.165) is 50.9 Å². The van der Waals surface area contributed by atoms with E-state index in [-0.39, 0.29) is 0 Å². The quantitative estimate of drug-likeness (QED) is 0.768. The Hall–Kier alpha value is -2.51. The van der Waals surface area contributed by atoms with Crippen LogP contribution in [0, 0.1) is 0 Å². The minimum Gasteiger partial charge on any atom is -0.379 e. The SMILES string of the molecule is c1cc(CN2CCOCC2)ccc1CNc1ccc2nncn2n1. The normalized spacial score (nSPS) is 15.7. The van der Waals surface area contributed by atoms with Crippen LogP contribution in [0.2, 0.25) is 0 Å². The van der Waals surface area contributed by atoms with Gasteiger partial charge in [0.2, 0.25) is 0 Å². The van der Waals surface area contributed by atoms with Crippen LogP contribution in [0.15, 0.2) is 42.7 Å². The maximum absolute atomic E-state index is 5.39. The molecule has 1 saturated heterocycles. The minimum atomic E-state index is 0.735. The zero-order valence-corrected chi connectivity index (χ0v) is 13.4. The summed E-state index contributed by atoms with van der Waals surface area (Å²) < 4.78 is 7.05. The second kappa shape index (κ2) is 6.94. The zero-order valence-electron chi connectivity index (χ0n) is 13.4. The van der Waals surface area contributed by atoms with Gasteiger partial charge in [-0.1, -0.05) is 24.3 Å². The molecule has 124 valence electrons. The predicted octanol–water partition coefficient (Wildman–Crippen LogP) is 1.57. The van der Waals surface area contributed by atoms with Gasteiger partial charge in [-0.2, -0.15) is 4.52 Å². The Morgan fingerprint density at radius 1 is 1.00 bits per heavy atom. The summed E-state index contributed by atoms with van der Waals surface area (Å²) in [6.07, 6.45) is 1.60. The van der Waals surface area contributed by atoms with Crippen LogP contribution in [0.3, 0.4) is 0 Å². The van der Waals surface area contributed by atoms with E-state index >= 15 is 0 Å². The van der Waals surface area contributed by atoms with E-state index in [1.807, 2.05) is 12.1 Å². The Balaban J connectivity index is 1.34. The van der Waals surface area contributed by atoms with Crippen molar-refractivity contribution in [2.75, 3.05) is 31.6 Å². The molecule has 24 heavy (non-hydrogen) atoms. The Kier molecular flexibility index (Phi) is 4.35. The summed E-state index contributed by atoms with van der Waals surface area (Å²) in [5.41, 5.74) is 3.31. The van der Waals surface area contributed by atoms with Crippen molar-refractivity contribution in [3.8, 4) is 0 Å². The molecule has 0 aliphatic carbocycles. The zero-order chi connectivity index (χ0) is 16.2. The average molecular weight is 324 g/mol. The van der Waals surface area contributed by atoms with Crippen LogP contribution in [-0.4, -0.2) is 51.0 Å². The molecule has 7 heteroatoms. The molecule has 1 aliphatic rings. The molecule has 3 heterocycles. The largest absolute Gasteiger partial charge is 0.379 e. The van der Waals surface area contributed by atoms with Crippen LogP contribution in [0.1, 0.15) is 11.1 Å². The van der Waals surface area contributed by atoms with Crippen molar-refractivity contribution in [2.45, 2.75) is 13.1 Å². The molecule has 1 aromatic carbocycles. The second-order valence-electron chi connectivity index (χ2n) is 5.91. The van der Waals surface area contributed by atoms with E-state index in [9.17, 15) is 0 Å². The highest BCUT2D eigenvalue weighted by molar-refractivity contribution is 5.43. The summed E-state index contributed by atoms with van der Waals surface area (Å²) in [7, 11) is 0. The molecule has 0 bridgehead atoms. The van der Waals surface area contributed by atoms with Gasteiger partial charge < -0.3 is 10.1 Å². The number of ether oxygens (including phenoxy) is 1. The summed E-state index contributed by atoms with van der Waals surface area (Å²) in [5, 5.41) is 15.5. The fraction of sp³-hybridized carbons (Fsp3) is 0.353. The first-order valence-corrected chi connectivity index (χ1v) is 8.16. The third-order valence-corrected chi connectivity index (χ3v) is 4.17. The highest BCUT2D eigenvalue weighted by Crippen LogP contribution is 2.11. The summed E-state index contributed by atoms with van der Waals surface area (Å²) in [6, 6.07) is 12.5. The highest BCUT2D eigenvalue weighted by Gasteiger charge is 2.10. The summed E-state index contributed by atoms with van der Waals surface area (Å²) in [6.45, 7) is 5.43. The molecule has 2 aromatic heterocycles. The lowest BCUT2D eigenvalue weighted by Crippen LogP contribution is -2.35. The lowest BCUT2D eigenvalue weighted by Gasteiger charge is -2.26. The van der Waals surface area contributed by atoms with Crippen LogP contribution < -0.4 is 5.32 Å². The van der Waals surface area contributed by atoms with Gasteiger partial charge in [-0.25, -0.2) is 0 Å². The van der Waals surface area contributed by atoms with Gasteiger partial charge in [0, 0.05) is 26.2 Å². The van der Waals surface area contributed by atoms with Crippen molar-refractivity contribution in [1.82, 2.24) is 24.7 Å². The van der Waals surface area contributed by atoms with E-state index in [4.69, 9.17) is 4.74 Å². The first-order valence-electron chi connectivity index (χ1n) is 8.16. The first kappa shape index (κ1) is 15.0. The van der Waals surface area contributed by atoms with E-state index in [1.165, 1.54) is 11.1 Å². The molecule has 3 aromatic rings. The molecule has 0 spiro atoms. The van der Waals surface area contributed by atoms with Crippen molar-refractivity contribution in [2.24, 2.45) is 0 Å². The number of benzene rings is 1. The first-order chi connectivity index (χ1) is 11.9. The molecule has 1 fully saturated rings. The Bertz CT molecular complexity index is 794. The van der Waals surface area contributed by atoms with Gasteiger partial charge in [0.15, 0.2) is 5.65 Å². The summed E-state index contributed by atoms with van der Waals surface area (Å²) in [5.74, 6) is 0.805. The molecule has 1 N–H and O–H groups in total. The molecule has 0 saturated carbocycles. The maximum atomic E-state index is 5.39. The molecular formula is C17H20N6O. The number of hydrogen-bond acceptors (Lipinski definition) is 6. The topological polar surface area (TPSA) is 67.6 Å². The number of rotatable bonds is 5. The Morgan fingerprint density at radius 3 is 2.62 bits per heavy atom. The molecule has 4 rings (SSSR count). The smallest absolute Gasteiger partial charge is 0.177 e. The number of aromatic nitrogens is 4. The van der Waals surface area contributed by atoms with Gasteiger partial charge in [0.1, 0.15) is 12.1 Å². The number of nitrogens with zero attached hydrogens (tertiary/aromatic N) is 5. The molecular weight excluding hydrogens is 304 g/mol. The van der Waals surface area contributed by atoms with Gasteiger partial charge in [-0.3, -0.25) is 4.90 Å². The van der Waals surface area contributed by atoms with Gasteiger partial charge in [-0.15, -0.1) is 15.3 Å². The van der Waals surface area contributed by atoms with Crippen LogP contribution in [-0.2, 0) is 17.8 Å².